The summed E-state index contributed by atoms with van der Waals surface area (Å²) in [6, 6.07) is 19.0. The van der Waals surface area contributed by atoms with Crippen molar-refractivity contribution in [2.45, 2.75) is 44.6 Å². The third-order valence-corrected chi connectivity index (χ3v) is 6.54. The van der Waals surface area contributed by atoms with Gasteiger partial charge >= 0.3 is 0 Å². The fraction of sp³-hybridized carbons (Fsp3) is 0.385. The van der Waals surface area contributed by atoms with Crippen LogP contribution in [0.15, 0.2) is 64.7 Å². The van der Waals surface area contributed by atoms with Crippen molar-refractivity contribution in [2.75, 3.05) is 14.1 Å². The summed E-state index contributed by atoms with van der Waals surface area (Å²) in [5.74, 6) is 1.88. The molecule has 1 atom stereocenters. The van der Waals surface area contributed by atoms with E-state index in [0.29, 0.717) is 22.8 Å². The van der Waals surface area contributed by atoms with Crippen LogP contribution in [0.5, 0.6) is 0 Å². The molecule has 0 bridgehead atoms. The SMILES string of the molecule is CN(C)C(CCc1ccccc1)C1CCC(=Cc2nc(-c3cccc(Cl)c3)no2)CC1. The Kier molecular flexibility index (Phi) is 7.21. The van der Waals surface area contributed by atoms with Crippen molar-refractivity contribution >= 4 is 17.7 Å². The zero-order valence-electron chi connectivity index (χ0n) is 18.3. The Morgan fingerprint density at radius 2 is 1.87 bits per heavy atom. The highest BCUT2D eigenvalue weighted by Gasteiger charge is 2.26. The van der Waals surface area contributed by atoms with Gasteiger partial charge in [-0.25, -0.2) is 0 Å². The van der Waals surface area contributed by atoms with Crippen LogP contribution < -0.4 is 0 Å². The molecule has 0 N–H and O–H groups in total. The van der Waals surface area contributed by atoms with Gasteiger partial charge in [-0.3, -0.25) is 0 Å². The molecule has 1 saturated carbocycles. The number of rotatable bonds is 7. The van der Waals surface area contributed by atoms with Crippen molar-refractivity contribution in [3.63, 3.8) is 0 Å². The van der Waals surface area contributed by atoms with Gasteiger partial charge in [0.15, 0.2) is 0 Å². The summed E-state index contributed by atoms with van der Waals surface area (Å²) < 4.78 is 5.47. The molecule has 0 aliphatic heterocycles. The van der Waals surface area contributed by atoms with E-state index in [1.165, 1.54) is 30.4 Å². The average Bonchev–Trinajstić information content (AvgIpc) is 3.24. The van der Waals surface area contributed by atoms with Crippen LogP contribution in [-0.4, -0.2) is 35.2 Å². The summed E-state index contributed by atoms with van der Waals surface area (Å²) in [5.41, 5.74) is 3.70. The first-order valence-electron chi connectivity index (χ1n) is 11.1. The van der Waals surface area contributed by atoms with Crippen molar-refractivity contribution in [1.29, 1.82) is 0 Å². The minimum atomic E-state index is 0.580. The molecule has 1 unspecified atom stereocenters. The van der Waals surface area contributed by atoms with Gasteiger partial charge in [-0.1, -0.05) is 64.8 Å². The Morgan fingerprint density at radius 3 is 2.58 bits per heavy atom. The summed E-state index contributed by atoms with van der Waals surface area (Å²) in [4.78, 5) is 6.95. The highest BCUT2D eigenvalue weighted by atomic mass is 35.5. The molecule has 1 fully saturated rings. The fourth-order valence-electron chi connectivity index (χ4n) is 4.63. The van der Waals surface area contributed by atoms with Gasteiger partial charge in [0.25, 0.3) is 5.89 Å². The first kappa shape index (κ1) is 21.8. The number of benzene rings is 2. The molecule has 1 aromatic heterocycles. The molecular weight excluding hydrogens is 406 g/mol. The first-order valence-corrected chi connectivity index (χ1v) is 11.5. The number of allylic oxidation sites excluding steroid dienone is 1. The van der Waals surface area contributed by atoms with Gasteiger partial charge < -0.3 is 9.42 Å². The lowest BCUT2D eigenvalue weighted by Crippen LogP contribution is -2.37. The van der Waals surface area contributed by atoms with E-state index >= 15 is 0 Å². The molecule has 0 spiro atoms. The van der Waals surface area contributed by atoms with Gasteiger partial charge in [0.2, 0.25) is 5.82 Å². The van der Waals surface area contributed by atoms with Gasteiger partial charge in [-0.15, -0.1) is 0 Å². The normalized spacial score (nSPS) is 17.7. The largest absolute Gasteiger partial charge is 0.334 e. The second kappa shape index (κ2) is 10.3. The molecule has 0 saturated heterocycles. The maximum absolute atomic E-state index is 6.07. The van der Waals surface area contributed by atoms with E-state index in [9.17, 15) is 0 Å². The summed E-state index contributed by atoms with van der Waals surface area (Å²) >= 11 is 6.07. The second-order valence-electron chi connectivity index (χ2n) is 8.66. The Bertz CT molecular complexity index is 1000. The number of aromatic nitrogens is 2. The quantitative estimate of drug-likeness (QED) is 0.423. The van der Waals surface area contributed by atoms with Crippen molar-refractivity contribution in [1.82, 2.24) is 15.0 Å². The Morgan fingerprint density at radius 1 is 1.10 bits per heavy atom. The number of halogens is 1. The standard InChI is InChI=1S/C26H30ClN3O/c1-30(2)24(16-13-19-7-4-3-5-8-19)21-14-11-20(12-15-21)17-25-28-26(29-31-25)22-9-6-10-23(27)18-22/h3-10,17-18,21,24H,11-16H2,1-2H3. The van der Waals surface area contributed by atoms with E-state index in [-0.39, 0.29) is 0 Å². The number of hydrogen-bond acceptors (Lipinski definition) is 4. The number of hydrogen-bond donors (Lipinski definition) is 0. The van der Waals surface area contributed by atoms with Crippen LogP contribution in [-0.2, 0) is 6.42 Å². The summed E-state index contributed by atoms with van der Waals surface area (Å²) in [5, 5.41) is 4.79. The third kappa shape index (κ3) is 5.84. The minimum absolute atomic E-state index is 0.580. The van der Waals surface area contributed by atoms with Crippen molar-refractivity contribution in [2.24, 2.45) is 5.92 Å². The van der Waals surface area contributed by atoms with Crippen LogP contribution in [0, 0.1) is 5.92 Å². The molecule has 31 heavy (non-hydrogen) atoms. The van der Waals surface area contributed by atoms with Crippen molar-refractivity contribution in [3.8, 4) is 11.4 Å². The topological polar surface area (TPSA) is 42.2 Å². The molecule has 4 rings (SSSR count). The monoisotopic (exact) mass is 435 g/mol. The van der Waals surface area contributed by atoms with E-state index in [4.69, 9.17) is 16.1 Å². The van der Waals surface area contributed by atoms with Crippen molar-refractivity contribution in [3.05, 3.63) is 76.6 Å². The summed E-state index contributed by atoms with van der Waals surface area (Å²) in [7, 11) is 4.44. The van der Waals surface area contributed by atoms with Crippen LogP contribution in [0.1, 0.15) is 43.6 Å². The zero-order valence-corrected chi connectivity index (χ0v) is 19.1. The number of nitrogens with zero attached hydrogens (tertiary/aromatic N) is 3. The maximum Gasteiger partial charge on any atom is 0.250 e. The Balaban J connectivity index is 1.35. The molecule has 3 aromatic rings. The van der Waals surface area contributed by atoms with Gasteiger partial charge in [-0.2, -0.15) is 4.98 Å². The van der Waals surface area contributed by atoms with E-state index in [1.807, 2.05) is 24.3 Å². The van der Waals surface area contributed by atoms with Gasteiger partial charge in [0.1, 0.15) is 0 Å². The highest BCUT2D eigenvalue weighted by Crippen LogP contribution is 2.34. The molecule has 1 heterocycles. The van der Waals surface area contributed by atoms with E-state index in [2.05, 4.69) is 65.5 Å². The Hall–Kier alpha value is -2.43. The Labute approximate surface area is 189 Å². The van der Waals surface area contributed by atoms with Crippen molar-refractivity contribution < 1.29 is 4.52 Å². The lowest BCUT2D eigenvalue weighted by Gasteiger charge is -2.35. The molecule has 2 aromatic carbocycles. The molecule has 0 radical (unpaired) electrons. The molecule has 162 valence electrons. The molecular formula is C26H30ClN3O. The van der Waals surface area contributed by atoms with Gasteiger partial charge in [0.05, 0.1) is 0 Å². The van der Waals surface area contributed by atoms with E-state index in [1.54, 1.807) is 0 Å². The first-order chi connectivity index (χ1) is 15.1. The molecule has 1 aliphatic rings. The molecule has 1 aliphatic carbocycles. The molecule has 0 amide bonds. The lowest BCUT2D eigenvalue weighted by atomic mass is 9.79. The second-order valence-corrected chi connectivity index (χ2v) is 9.10. The predicted molar refractivity (Wildman–Crippen MR) is 127 cm³/mol. The smallest absolute Gasteiger partial charge is 0.250 e. The van der Waals surface area contributed by atoms with E-state index < -0.39 is 0 Å². The molecule has 4 nitrogen and oxygen atoms in total. The van der Waals surface area contributed by atoms with Crippen LogP contribution in [0.4, 0.5) is 0 Å². The highest BCUT2D eigenvalue weighted by molar-refractivity contribution is 6.30. The van der Waals surface area contributed by atoms with Crippen LogP contribution >= 0.6 is 11.6 Å². The van der Waals surface area contributed by atoms with Crippen LogP contribution in [0.2, 0.25) is 5.02 Å². The zero-order chi connectivity index (χ0) is 21.6. The summed E-state index contributed by atoms with van der Waals surface area (Å²) in [6.45, 7) is 0. The fourth-order valence-corrected chi connectivity index (χ4v) is 4.82. The van der Waals surface area contributed by atoms with Crippen LogP contribution in [0.25, 0.3) is 17.5 Å². The third-order valence-electron chi connectivity index (χ3n) is 6.30. The van der Waals surface area contributed by atoms with Crippen LogP contribution in [0.3, 0.4) is 0 Å². The van der Waals surface area contributed by atoms with E-state index in [0.717, 1.165) is 30.7 Å². The average molecular weight is 436 g/mol. The summed E-state index contributed by atoms with van der Waals surface area (Å²) in [6.07, 6.45) is 9.01. The maximum atomic E-state index is 6.07. The van der Waals surface area contributed by atoms with Gasteiger partial charge in [0, 0.05) is 22.7 Å². The number of aryl methyl sites for hydroxylation is 1. The van der Waals surface area contributed by atoms with Gasteiger partial charge in [-0.05, 0) is 76.2 Å². The minimum Gasteiger partial charge on any atom is -0.334 e. The predicted octanol–water partition coefficient (Wildman–Crippen LogP) is 6.53. The lowest BCUT2D eigenvalue weighted by molar-refractivity contribution is 0.172. The molecule has 5 heteroatoms.